The van der Waals surface area contributed by atoms with Crippen LogP contribution in [-0.4, -0.2) is 23.9 Å². The van der Waals surface area contributed by atoms with Gasteiger partial charge in [-0.15, -0.1) is 0 Å². The SMILES string of the molecule is CCC(CC)CC1(O)CCOC1. The molecule has 1 fully saturated rings. The Morgan fingerprint density at radius 3 is 2.50 bits per heavy atom. The van der Waals surface area contributed by atoms with Crippen LogP contribution in [0.4, 0.5) is 0 Å². The summed E-state index contributed by atoms with van der Waals surface area (Å²) in [7, 11) is 0. The topological polar surface area (TPSA) is 29.5 Å². The molecule has 0 aromatic rings. The van der Waals surface area contributed by atoms with E-state index in [0.717, 1.165) is 19.4 Å². The van der Waals surface area contributed by atoms with Gasteiger partial charge >= 0.3 is 0 Å². The Kier molecular flexibility index (Phi) is 3.53. The lowest BCUT2D eigenvalue weighted by atomic mass is 9.87. The van der Waals surface area contributed by atoms with Gasteiger partial charge in [-0.2, -0.15) is 0 Å². The molecule has 0 spiro atoms. The van der Waals surface area contributed by atoms with E-state index in [-0.39, 0.29) is 0 Å². The first kappa shape index (κ1) is 10.0. The van der Waals surface area contributed by atoms with Gasteiger partial charge in [0, 0.05) is 13.0 Å². The molecule has 0 bridgehead atoms. The number of hydrogen-bond acceptors (Lipinski definition) is 2. The van der Waals surface area contributed by atoms with Crippen molar-refractivity contribution < 1.29 is 9.84 Å². The fraction of sp³-hybridized carbons (Fsp3) is 1.00. The fourth-order valence-corrected chi connectivity index (χ4v) is 1.87. The molecule has 12 heavy (non-hydrogen) atoms. The number of rotatable bonds is 4. The Morgan fingerprint density at radius 1 is 1.42 bits per heavy atom. The second-order valence-corrected chi connectivity index (χ2v) is 3.91. The van der Waals surface area contributed by atoms with Crippen molar-refractivity contribution in [2.24, 2.45) is 5.92 Å². The van der Waals surface area contributed by atoms with Crippen molar-refractivity contribution in [3.63, 3.8) is 0 Å². The van der Waals surface area contributed by atoms with Gasteiger partial charge in [0.25, 0.3) is 0 Å². The Morgan fingerprint density at radius 2 is 2.08 bits per heavy atom. The molecule has 1 aliphatic heterocycles. The third-order valence-corrected chi connectivity index (χ3v) is 2.91. The molecule has 1 heterocycles. The van der Waals surface area contributed by atoms with Gasteiger partial charge in [0.1, 0.15) is 0 Å². The minimum Gasteiger partial charge on any atom is -0.387 e. The molecule has 0 radical (unpaired) electrons. The van der Waals surface area contributed by atoms with E-state index in [1.165, 1.54) is 12.8 Å². The van der Waals surface area contributed by atoms with E-state index in [4.69, 9.17) is 4.74 Å². The largest absolute Gasteiger partial charge is 0.387 e. The van der Waals surface area contributed by atoms with Crippen LogP contribution in [0.1, 0.15) is 39.5 Å². The highest BCUT2D eigenvalue weighted by molar-refractivity contribution is 4.84. The molecule has 2 nitrogen and oxygen atoms in total. The summed E-state index contributed by atoms with van der Waals surface area (Å²) < 4.78 is 5.20. The first-order chi connectivity index (χ1) is 5.70. The van der Waals surface area contributed by atoms with E-state index in [1.54, 1.807) is 0 Å². The zero-order valence-corrected chi connectivity index (χ0v) is 8.18. The van der Waals surface area contributed by atoms with Gasteiger partial charge in [-0.1, -0.05) is 26.7 Å². The lowest BCUT2D eigenvalue weighted by Gasteiger charge is -2.25. The summed E-state index contributed by atoms with van der Waals surface area (Å²) in [5.41, 5.74) is -0.503. The van der Waals surface area contributed by atoms with Crippen molar-refractivity contribution >= 4 is 0 Å². The van der Waals surface area contributed by atoms with E-state index in [9.17, 15) is 5.11 Å². The van der Waals surface area contributed by atoms with Crippen LogP contribution in [0, 0.1) is 5.92 Å². The van der Waals surface area contributed by atoms with Crippen LogP contribution in [0.3, 0.4) is 0 Å². The Balaban J connectivity index is 2.36. The average molecular weight is 172 g/mol. The molecular weight excluding hydrogens is 152 g/mol. The predicted molar refractivity (Wildman–Crippen MR) is 49.1 cm³/mol. The first-order valence-electron chi connectivity index (χ1n) is 5.00. The van der Waals surface area contributed by atoms with Crippen molar-refractivity contribution in [1.82, 2.24) is 0 Å². The van der Waals surface area contributed by atoms with Crippen LogP contribution in [0.25, 0.3) is 0 Å². The van der Waals surface area contributed by atoms with Crippen LogP contribution >= 0.6 is 0 Å². The van der Waals surface area contributed by atoms with Crippen LogP contribution < -0.4 is 0 Å². The molecular formula is C10H20O2. The zero-order chi connectivity index (χ0) is 9.03. The normalized spacial score (nSPS) is 30.0. The number of hydrogen-bond donors (Lipinski definition) is 1. The second-order valence-electron chi connectivity index (χ2n) is 3.91. The van der Waals surface area contributed by atoms with Gasteiger partial charge in [0.15, 0.2) is 0 Å². The van der Waals surface area contributed by atoms with Crippen molar-refractivity contribution in [2.75, 3.05) is 13.2 Å². The van der Waals surface area contributed by atoms with Crippen molar-refractivity contribution in [3.8, 4) is 0 Å². The van der Waals surface area contributed by atoms with E-state index in [1.807, 2.05) is 0 Å². The summed E-state index contributed by atoms with van der Waals surface area (Å²) in [6.07, 6.45) is 4.07. The lowest BCUT2D eigenvalue weighted by molar-refractivity contribution is 0.00449. The molecule has 2 heteroatoms. The summed E-state index contributed by atoms with van der Waals surface area (Å²) in [6, 6.07) is 0. The highest BCUT2D eigenvalue weighted by Gasteiger charge is 2.33. The molecule has 0 saturated carbocycles. The molecule has 0 aromatic carbocycles. The van der Waals surface area contributed by atoms with Gasteiger partial charge in [0.2, 0.25) is 0 Å². The molecule has 0 aliphatic carbocycles. The van der Waals surface area contributed by atoms with Gasteiger partial charge in [-0.25, -0.2) is 0 Å². The Bertz CT molecular complexity index is 124. The second kappa shape index (κ2) is 4.24. The third kappa shape index (κ3) is 2.46. The van der Waals surface area contributed by atoms with Crippen molar-refractivity contribution in [1.29, 1.82) is 0 Å². The monoisotopic (exact) mass is 172 g/mol. The zero-order valence-electron chi connectivity index (χ0n) is 8.18. The molecule has 1 atom stereocenters. The van der Waals surface area contributed by atoms with Gasteiger partial charge in [0.05, 0.1) is 12.2 Å². The van der Waals surface area contributed by atoms with Crippen LogP contribution in [0.15, 0.2) is 0 Å². The smallest absolute Gasteiger partial charge is 0.0904 e. The van der Waals surface area contributed by atoms with E-state index in [0.29, 0.717) is 12.5 Å². The van der Waals surface area contributed by atoms with E-state index >= 15 is 0 Å². The Hall–Kier alpha value is -0.0800. The maximum atomic E-state index is 10.00. The minimum atomic E-state index is -0.503. The third-order valence-electron chi connectivity index (χ3n) is 2.91. The summed E-state index contributed by atoms with van der Waals surface area (Å²) in [6.45, 7) is 5.65. The molecule has 0 amide bonds. The highest BCUT2D eigenvalue weighted by atomic mass is 16.5. The molecule has 1 N–H and O–H groups in total. The maximum Gasteiger partial charge on any atom is 0.0904 e. The quantitative estimate of drug-likeness (QED) is 0.702. The summed E-state index contributed by atoms with van der Waals surface area (Å²) in [5.74, 6) is 0.664. The van der Waals surface area contributed by atoms with Crippen LogP contribution in [0.5, 0.6) is 0 Å². The highest BCUT2D eigenvalue weighted by Crippen LogP contribution is 2.28. The number of aliphatic hydroxyl groups is 1. The Labute approximate surface area is 74.9 Å². The van der Waals surface area contributed by atoms with E-state index < -0.39 is 5.60 Å². The standard InChI is InChI=1S/C10H20O2/c1-3-9(4-2)7-10(11)5-6-12-8-10/h9,11H,3-8H2,1-2H3. The molecule has 0 aromatic heterocycles. The minimum absolute atomic E-state index is 0.503. The average Bonchev–Trinajstić information content (AvgIpc) is 2.48. The molecule has 72 valence electrons. The van der Waals surface area contributed by atoms with E-state index in [2.05, 4.69) is 13.8 Å². The first-order valence-corrected chi connectivity index (χ1v) is 5.00. The predicted octanol–water partition coefficient (Wildman–Crippen LogP) is 1.96. The van der Waals surface area contributed by atoms with Gasteiger partial charge < -0.3 is 9.84 Å². The van der Waals surface area contributed by atoms with Crippen molar-refractivity contribution in [2.45, 2.75) is 45.1 Å². The molecule has 1 rings (SSSR count). The maximum absolute atomic E-state index is 10.00. The summed E-state index contributed by atoms with van der Waals surface area (Å²) in [5, 5.41) is 10.00. The van der Waals surface area contributed by atoms with Crippen LogP contribution in [-0.2, 0) is 4.74 Å². The summed E-state index contributed by atoms with van der Waals surface area (Å²) >= 11 is 0. The summed E-state index contributed by atoms with van der Waals surface area (Å²) in [4.78, 5) is 0. The fourth-order valence-electron chi connectivity index (χ4n) is 1.87. The van der Waals surface area contributed by atoms with Gasteiger partial charge in [-0.05, 0) is 12.3 Å². The molecule has 1 saturated heterocycles. The lowest BCUT2D eigenvalue weighted by Crippen LogP contribution is -2.31. The number of ether oxygens (including phenoxy) is 1. The van der Waals surface area contributed by atoms with Crippen LogP contribution in [0.2, 0.25) is 0 Å². The van der Waals surface area contributed by atoms with Crippen molar-refractivity contribution in [3.05, 3.63) is 0 Å². The molecule has 1 unspecified atom stereocenters. The van der Waals surface area contributed by atoms with Gasteiger partial charge in [-0.3, -0.25) is 0 Å². The molecule has 1 aliphatic rings.